The van der Waals surface area contributed by atoms with Crippen molar-refractivity contribution in [2.24, 2.45) is 5.73 Å². The van der Waals surface area contributed by atoms with Crippen LogP contribution in [0.15, 0.2) is 18.2 Å². The van der Waals surface area contributed by atoms with Gasteiger partial charge in [0, 0.05) is 0 Å². The normalized spacial score (nSPS) is 12.6. The van der Waals surface area contributed by atoms with Gasteiger partial charge in [0.2, 0.25) is 0 Å². The molecule has 0 spiro atoms. The molecule has 4 heteroatoms. The second-order valence-corrected chi connectivity index (χ2v) is 2.75. The average Bonchev–Trinajstić information content (AvgIpc) is 2.08. The average molecular weight is 185 g/mol. The minimum Gasteiger partial charge on any atom is -0.321 e. The lowest BCUT2D eigenvalue weighted by Crippen LogP contribution is -2.27. The van der Waals surface area contributed by atoms with Crippen LogP contribution in [0.4, 0.5) is 8.78 Å². The van der Waals surface area contributed by atoms with Gasteiger partial charge in [-0.15, -0.1) is 0 Å². The SMILES string of the molecule is CC(N)C(=O)c1cccc(F)c1F. The minimum absolute atomic E-state index is 0.296. The maximum Gasteiger partial charge on any atom is 0.182 e. The molecule has 2 nitrogen and oxygen atoms in total. The molecule has 1 aromatic rings. The predicted octanol–water partition coefficient (Wildman–Crippen LogP) is 1.49. The number of halogens is 2. The van der Waals surface area contributed by atoms with Gasteiger partial charge in [0.05, 0.1) is 11.6 Å². The molecule has 70 valence electrons. The molecule has 1 rings (SSSR count). The number of hydrogen-bond acceptors (Lipinski definition) is 2. The van der Waals surface area contributed by atoms with Crippen molar-refractivity contribution >= 4 is 5.78 Å². The summed E-state index contributed by atoms with van der Waals surface area (Å²) in [6.07, 6.45) is 0. The molecule has 1 aromatic carbocycles. The van der Waals surface area contributed by atoms with Gasteiger partial charge in [0.25, 0.3) is 0 Å². The number of benzene rings is 1. The molecule has 0 saturated heterocycles. The highest BCUT2D eigenvalue weighted by Gasteiger charge is 2.17. The fraction of sp³-hybridized carbons (Fsp3) is 0.222. The van der Waals surface area contributed by atoms with E-state index in [1.165, 1.54) is 19.1 Å². The number of ketones is 1. The van der Waals surface area contributed by atoms with Crippen LogP contribution in [0.1, 0.15) is 17.3 Å². The Morgan fingerprint density at radius 3 is 2.62 bits per heavy atom. The standard InChI is InChI=1S/C9H9F2NO/c1-5(12)9(13)6-3-2-4-7(10)8(6)11/h2-5H,12H2,1H3. The number of Topliss-reactive ketones (excluding diaryl/α,β-unsaturated/α-hetero) is 1. The second-order valence-electron chi connectivity index (χ2n) is 2.75. The van der Waals surface area contributed by atoms with Crippen LogP contribution in [0.5, 0.6) is 0 Å². The van der Waals surface area contributed by atoms with E-state index in [1.807, 2.05) is 0 Å². The number of hydrogen-bond donors (Lipinski definition) is 1. The van der Waals surface area contributed by atoms with Crippen LogP contribution in [0.25, 0.3) is 0 Å². The summed E-state index contributed by atoms with van der Waals surface area (Å²) in [7, 11) is 0. The molecule has 0 aliphatic rings. The lowest BCUT2D eigenvalue weighted by molar-refractivity contribution is 0.0963. The number of rotatable bonds is 2. The fourth-order valence-electron chi connectivity index (χ4n) is 0.939. The van der Waals surface area contributed by atoms with Gasteiger partial charge in [-0.25, -0.2) is 8.78 Å². The zero-order valence-electron chi connectivity index (χ0n) is 7.05. The van der Waals surface area contributed by atoms with Crippen LogP contribution in [-0.2, 0) is 0 Å². The van der Waals surface area contributed by atoms with E-state index < -0.39 is 23.5 Å². The zero-order valence-corrected chi connectivity index (χ0v) is 7.05. The molecule has 1 unspecified atom stereocenters. The van der Waals surface area contributed by atoms with Crippen LogP contribution in [0.2, 0.25) is 0 Å². The van der Waals surface area contributed by atoms with Crippen LogP contribution in [0.3, 0.4) is 0 Å². The van der Waals surface area contributed by atoms with Gasteiger partial charge in [-0.05, 0) is 19.1 Å². The Kier molecular flexibility index (Phi) is 2.72. The van der Waals surface area contributed by atoms with Crippen molar-refractivity contribution in [3.05, 3.63) is 35.4 Å². The summed E-state index contributed by atoms with van der Waals surface area (Å²) in [6, 6.07) is 2.61. The van der Waals surface area contributed by atoms with Crippen LogP contribution >= 0.6 is 0 Å². The lowest BCUT2D eigenvalue weighted by atomic mass is 10.1. The molecule has 0 aliphatic heterocycles. The zero-order chi connectivity index (χ0) is 10.0. The van der Waals surface area contributed by atoms with Crippen molar-refractivity contribution in [2.45, 2.75) is 13.0 Å². The van der Waals surface area contributed by atoms with E-state index in [0.717, 1.165) is 6.07 Å². The highest BCUT2D eigenvalue weighted by atomic mass is 19.2. The van der Waals surface area contributed by atoms with Crippen molar-refractivity contribution in [3.63, 3.8) is 0 Å². The Morgan fingerprint density at radius 1 is 1.46 bits per heavy atom. The van der Waals surface area contributed by atoms with Crippen molar-refractivity contribution in [1.82, 2.24) is 0 Å². The van der Waals surface area contributed by atoms with E-state index in [0.29, 0.717) is 0 Å². The van der Waals surface area contributed by atoms with E-state index >= 15 is 0 Å². The quantitative estimate of drug-likeness (QED) is 0.709. The third-order valence-electron chi connectivity index (χ3n) is 1.63. The van der Waals surface area contributed by atoms with E-state index in [4.69, 9.17) is 5.73 Å². The van der Waals surface area contributed by atoms with Gasteiger partial charge in [-0.2, -0.15) is 0 Å². The molecule has 2 N–H and O–H groups in total. The molecule has 0 amide bonds. The number of carbonyl (C=O) groups excluding carboxylic acids is 1. The summed E-state index contributed by atoms with van der Waals surface area (Å²) >= 11 is 0. The molecule has 0 saturated carbocycles. The van der Waals surface area contributed by atoms with E-state index in [9.17, 15) is 13.6 Å². The molecular weight excluding hydrogens is 176 g/mol. The molecule has 0 heterocycles. The smallest absolute Gasteiger partial charge is 0.182 e. The summed E-state index contributed by atoms with van der Waals surface area (Å²) in [6.45, 7) is 1.42. The first-order valence-electron chi connectivity index (χ1n) is 3.78. The van der Waals surface area contributed by atoms with E-state index in [1.54, 1.807) is 0 Å². The molecule has 1 atom stereocenters. The van der Waals surface area contributed by atoms with Gasteiger partial charge in [-0.1, -0.05) is 6.07 Å². The van der Waals surface area contributed by atoms with Crippen molar-refractivity contribution in [1.29, 1.82) is 0 Å². The summed E-state index contributed by atoms with van der Waals surface area (Å²) in [5, 5.41) is 0. The minimum atomic E-state index is -1.13. The summed E-state index contributed by atoms with van der Waals surface area (Å²) in [4.78, 5) is 11.2. The van der Waals surface area contributed by atoms with Gasteiger partial charge >= 0.3 is 0 Å². The van der Waals surface area contributed by atoms with Crippen molar-refractivity contribution in [3.8, 4) is 0 Å². The molecular formula is C9H9F2NO. The predicted molar refractivity (Wildman–Crippen MR) is 44.3 cm³/mol. The van der Waals surface area contributed by atoms with Crippen LogP contribution < -0.4 is 5.73 Å². The van der Waals surface area contributed by atoms with Crippen LogP contribution in [0, 0.1) is 11.6 Å². The molecule has 0 radical (unpaired) electrons. The highest BCUT2D eigenvalue weighted by molar-refractivity contribution is 5.99. The van der Waals surface area contributed by atoms with Crippen LogP contribution in [-0.4, -0.2) is 11.8 Å². The first-order valence-corrected chi connectivity index (χ1v) is 3.78. The maximum atomic E-state index is 13.0. The van der Waals surface area contributed by atoms with Gasteiger partial charge in [0.15, 0.2) is 17.4 Å². The molecule has 0 aromatic heterocycles. The van der Waals surface area contributed by atoms with Gasteiger partial charge < -0.3 is 5.73 Å². The molecule has 0 aliphatic carbocycles. The van der Waals surface area contributed by atoms with Crippen molar-refractivity contribution in [2.75, 3.05) is 0 Å². The van der Waals surface area contributed by atoms with E-state index in [2.05, 4.69) is 0 Å². The fourth-order valence-corrected chi connectivity index (χ4v) is 0.939. The Hall–Kier alpha value is -1.29. The van der Waals surface area contributed by atoms with Gasteiger partial charge in [-0.3, -0.25) is 4.79 Å². The lowest BCUT2D eigenvalue weighted by Gasteiger charge is -2.05. The number of carbonyl (C=O) groups is 1. The Morgan fingerprint density at radius 2 is 2.08 bits per heavy atom. The third kappa shape index (κ3) is 1.89. The molecule has 0 fully saturated rings. The summed E-state index contributed by atoms with van der Waals surface area (Å²) in [5.41, 5.74) is 4.95. The van der Waals surface area contributed by atoms with Gasteiger partial charge in [0.1, 0.15) is 0 Å². The Balaban J connectivity index is 3.15. The van der Waals surface area contributed by atoms with E-state index in [-0.39, 0.29) is 5.56 Å². The highest BCUT2D eigenvalue weighted by Crippen LogP contribution is 2.12. The third-order valence-corrected chi connectivity index (χ3v) is 1.63. The first kappa shape index (κ1) is 9.80. The van der Waals surface area contributed by atoms with Crippen molar-refractivity contribution < 1.29 is 13.6 Å². The summed E-state index contributed by atoms with van der Waals surface area (Å²) < 4.78 is 25.6. The molecule has 0 bridgehead atoms. The Labute approximate surface area is 74.4 Å². The monoisotopic (exact) mass is 185 g/mol. The molecule has 13 heavy (non-hydrogen) atoms. The Bertz CT molecular complexity index is 336. The maximum absolute atomic E-state index is 13.0. The largest absolute Gasteiger partial charge is 0.321 e. The topological polar surface area (TPSA) is 43.1 Å². The number of nitrogens with two attached hydrogens (primary N) is 1. The summed E-state index contributed by atoms with van der Waals surface area (Å²) in [5.74, 6) is -2.77. The first-order chi connectivity index (χ1) is 6.04. The second kappa shape index (κ2) is 3.62.